The SMILES string of the molecule is CCNS(=O)(=O)OC1OC2(CCCC2)OC1Cc1ccccc1Cl. The van der Waals surface area contributed by atoms with Crippen LogP contribution in [0.5, 0.6) is 0 Å². The minimum atomic E-state index is -3.88. The van der Waals surface area contributed by atoms with Gasteiger partial charge in [0, 0.05) is 30.8 Å². The van der Waals surface area contributed by atoms with Crippen LogP contribution >= 0.6 is 11.6 Å². The van der Waals surface area contributed by atoms with Crippen molar-refractivity contribution < 1.29 is 22.1 Å². The number of ether oxygens (including phenoxy) is 2. The van der Waals surface area contributed by atoms with E-state index < -0.39 is 28.5 Å². The first kappa shape index (κ1) is 18.1. The predicted molar refractivity (Wildman–Crippen MR) is 89.8 cm³/mol. The van der Waals surface area contributed by atoms with E-state index in [4.69, 9.17) is 25.3 Å². The fourth-order valence-electron chi connectivity index (χ4n) is 3.23. The third kappa shape index (κ3) is 4.09. The Kier molecular flexibility index (Phi) is 5.48. The van der Waals surface area contributed by atoms with E-state index in [0.29, 0.717) is 11.4 Å². The molecular weight excluding hydrogens is 354 g/mol. The lowest BCUT2D eigenvalue weighted by Crippen LogP contribution is -2.35. The second-order valence-electron chi connectivity index (χ2n) is 6.10. The van der Waals surface area contributed by atoms with E-state index in [0.717, 1.165) is 31.2 Å². The minimum absolute atomic E-state index is 0.246. The molecule has 1 aromatic rings. The zero-order chi connectivity index (χ0) is 17.2. The van der Waals surface area contributed by atoms with E-state index in [9.17, 15) is 8.42 Å². The van der Waals surface area contributed by atoms with Crippen molar-refractivity contribution in [1.82, 2.24) is 4.72 Å². The van der Waals surface area contributed by atoms with Gasteiger partial charge in [-0.25, -0.2) is 4.18 Å². The first-order chi connectivity index (χ1) is 11.4. The van der Waals surface area contributed by atoms with Crippen LogP contribution in [0.3, 0.4) is 0 Å². The molecule has 3 rings (SSSR count). The largest absolute Gasteiger partial charge is 0.341 e. The van der Waals surface area contributed by atoms with Crippen LogP contribution in [0, 0.1) is 0 Å². The molecule has 1 saturated heterocycles. The molecule has 1 aromatic carbocycles. The maximum Gasteiger partial charge on any atom is 0.338 e. The summed E-state index contributed by atoms with van der Waals surface area (Å²) >= 11 is 6.22. The summed E-state index contributed by atoms with van der Waals surface area (Å²) in [5.74, 6) is -0.738. The highest BCUT2D eigenvalue weighted by Crippen LogP contribution is 2.43. The lowest BCUT2D eigenvalue weighted by Gasteiger charge is -2.21. The van der Waals surface area contributed by atoms with E-state index in [1.165, 1.54) is 0 Å². The molecule has 1 heterocycles. The second kappa shape index (κ2) is 7.27. The molecule has 2 fully saturated rings. The van der Waals surface area contributed by atoms with Gasteiger partial charge in [0.25, 0.3) is 0 Å². The van der Waals surface area contributed by atoms with Gasteiger partial charge in [0.2, 0.25) is 6.29 Å². The topological polar surface area (TPSA) is 73.9 Å². The Hall–Kier alpha value is -0.700. The van der Waals surface area contributed by atoms with Crippen molar-refractivity contribution in [3.8, 4) is 0 Å². The number of hydrogen-bond donors (Lipinski definition) is 1. The van der Waals surface area contributed by atoms with Crippen LogP contribution in [-0.4, -0.2) is 33.1 Å². The Morgan fingerprint density at radius 3 is 2.67 bits per heavy atom. The summed E-state index contributed by atoms with van der Waals surface area (Å²) in [4.78, 5) is 0. The van der Waals surface area contributed by atoms with Crippen molar-refractivity contribution in [3.05, 3.63) is 34.9 Å². The van der Waals surface area contributed by atoms with Gasteiger partial charge < -0.3 is 9.47 Å². The number of halogens is 1. The van der Waals surface area contributed by atoms with E-state index >= 15 is 0 Å². The summed E-state index contributed by atoms with van der Waals surface area (Å²) in [7, 11) is -3.88. The first-order valence-corrected chi connectivity index (χ1v) is 9.98. The number of benzene rings is 1. The van der Waals surface area contributed by atoms with Crippen molar-refractivity contribution in [1.29, 1.82) is 0 Å². The molecule has 1 spiro atoms. The summed E-state index contributed by atoms with van der Waals surface area (Å²) < 4.78 is 43.5. The van der Waals surface area contributed by atoms with Crippen LogP contribution in [0.1, 0.15) is 38.2 Å². The zero-order valence-electron chi connectivity index (χ0n) is 13.5. The highest BCUT2D eigenvalue weighted by molar-refractivity contribution is 7.84. The standard InChI is InChI=1S/C16H22ClNO5S/c1-2-18-24(19,20)23-15-14(11-12-7-3-4-8-13(12)17)21-16(22-15)9-5-6-10-16/h3-4,7-8,14-15,18H,2,5-6,9-11H2,1H3. The lowest BCUT2D eigenvalue weighted by molar-refractivity contribution is -0.187. The zero-order valence-corrected chi connectivity index (χ0v) is 15.1. The molecule has 0 radical (unpaired) electrons. The van der Waals surface area contributed by atoms with Gasteiger partial charge in [0.05, 0.1) is 0 Å². The Bertz CT molecular complexity index is 675. The summed E-state index contributed by atoms with van der Waals surface area (Å²) in [6, 6.07) is 7.41. The predicted octanol–water partition coefficient (Wildman–Crippen LogP) is 2.77. The summed E-state index contributed by atoms with van der Waals surface area (Å²) in [5, 5.41) is 0.613. The molecule has 2 atom stereocenters. The van der Waals surface area contributed by atoms with Crippen molar-refractivity contribution >= 4 is 21.9 Å². The molecule has 1 aliphatic carbocycles. The highest BCUT2D eigenvalue weighted by Gasteiger charge is 2.51. The lowest BCUT2D eigenvalue weighted by atomic mass is 10.1. The third-order valence-electron chi connectivity index (χ3n) is 4.29. The average molecular weight is 376 g/mol. The van der Waals surface area contributed by atoms with Gasteiger partial charge in [0.15, 0.2) is 5.79 Å². The molecule has 8 heteroatoms. The Balaban J connectivity index is 1.79. The van der Waals surface area contributed by atoms with Crippen molar-refractivity contribution in [2.75, 3.05) is 6.54 Å². The maximum atomic E-state index is 12.0. The Labute approximate surface area is 147 Å². The van der Waals surface area contributed by atoms with E-state index in [1.807, 2.05) is 18.2 Å². The van der Waals surface area contributed by atoms with Gasteiger partial charge >= 0.3 is 10.3 Å². The van der Waals surface area contributed by atoms with Crippen molar-refractivity contribution in [3.63, 3.8) is 0 Å². The summed E-state index contributed by atoms with van der Waals surface area (Å²) in [5.41, 5.74) is 0.872. The highest BCUT2D eigenvalue weighted by atomic mass is 35.5. The Morgan fingerprint density at radius 2 is 2.00 bits per heavy atom. The van der Waals surface area contributed by atoms with Crippen LogP contribution in [0.4, 0.5) is 0 Å². The molecule has 24 heavy (non-hydrogen) atoms. The molecular formula is C16H22ClNO5S. The van der Waals surface area contributed by atoms with Crippen molar-refractivity contribution in [2.45, 2.75) is 57.2 Å². The minimum Gasteiger partial charge on any atom is -0.341 e. The van der Waals surface area contributed by atoms with Gasteiger partial charge in [-0.15, -0.1) is 0 Å². The van der Waals surface area contributed by atoms with Crippen LogP contribution in [0.15, 0.2) is 24.3 Å². The van der Waals surface area contributed by atoms with Crippen LogP contribution in [0.25, 0.3) is 0 Å². The number of rotatable bonds is 6. The molecule has 0 aromatic heterocycles. The molecule has 1 saturated carbocycles. The number of nitrogens with one attached hydrogen (secondary N) is 1. The molecule has 2 unspecified atom stereocenters. The Morgan fingerprint density at radius 1 is 1.29 bits per heavy atom. The fraction of sp³-hybridized carbons (Fsp3) is 0.625. The van der Waals surface area contributed by atoms with Gasteiger partial charge in [-0.05, 0) is 24.5 Å². The van der Waals surface area contributed by atoms with Crippen molar-refractivity contribution in [2.24, 2.45) is 0 Å². The normalized spacial score (nSPS) is 26.2. The van der Waals surface area contributed by atoms with Crippen LogP contribution in [0.2, 0.25) is 5.02 Å². The summed E-state index contributed by atoms with van der Waals surface area (Å²) in [6.07, 6.45) is 2.38. The van der Waals surface area contributed by atoms with E-state index in [-0.39, 0.29) is 6.54 Å². The molecule has 1 aliphatic heterocycles. The monoisotopic (exact) mass is 375 g/mol. The molecule has 0 bridgehead atoms. The fourth-order valence-corrected chi connectivity index (χ4v) is 4.28. The number of hydrogen-bond acceptors (Lipinski definition) is 5. The molecule has 0 amide bonds. The molecule has 6 nitrogen and oxygen atoms in total. The van der Waals surface area contributed by atoms with Crippen LogP contribution in [-0.2, 0) is 30.4 Å². The second-order valence-corrected chi connectivity index (χ2v) is 7.90. The van der Waals surface area contributed by atoms with E-state index in [1.54, 1.807) is 13.0 Å². The van der Waals surface area contributed by atoms with Gasteiger partial charge in [-0.2, -0.15) is 13.1 Å². The smallest absolute Gasteiger partial charge is 0.338 e. The third-order valence-corrected chi connectivity index (χ3v) is 5.74. The van der Waals surface area contributed by atoms with Gasteiger partial charge in [0.1, 0.15) is 6.10 Å². The van der Waals surface area contributed by atoms with Gasteiger partial charge in [-0.3, -0.25) is 0 Å². The average Bonchev–Trinajstić information content (AvgIpc) is 3.09. The molecule has 134 valence electrons. The molecule has 2 aliphatic rings. The van der Waals surface area contributed by atoms with E-state index in [2.05, 4.69) is 4.72 Å². The maximum absolute atomic E-state index is 12.0. The quantitative estimate of drug-likeness (QED) is 0.827. The molecule has 1 N–H and O–H groups in total. The van der Waals surface area contributed by atoms with Gasteiger partial charge in [-0.1, -0.05) is 36.7 Å². The van der Waals surface area contributed by atoms with Crippen LogP contribution < -0.4 is 4.72 Å². The first-order valence-electron chi connectivity index (χ1n) is 8.20. The summed E-state index contributed by atoms with van der Waals surface area (Å²) in [6.45, 7) is 1.93.